The molecule has 0 saturated carbocycles. The second-order valence-electron chi connectivity index (χ2n) is 6.47. The maximum Gasteiger partial charge on any atom is 0.323 e. The first-order valence-electron chi connectivity index (χ1n) is 8.57. The summed E-state index contributed by atoms with van der Waals surface area (Å²) < 4.78 is 27.6. The van der Waals surface area contributed by atoms with Gasteiger partial charge in [-0.3, -0.25) is 0 Å². The fraction of sp³-hybridized carbons (Fsp3) is 0.278. The highest BCUT2D eigenvalue weighted by Gasteiger charge is 2.16. The Balaban J connectivity index is 1.47. The maximum absolute atomic E-state index is 12.5. The van der Waals surface area contributed by atoms with Crippen molar-refractivity contribution in [3.8, 4) is 0 Å². The van der Waals surface area contributed by atoms with Crippen molar-refractivity contribution in [2.45, 2.75) is 24.3 Å². The minimum absolute atomic E-state index is 0.119. The number of H-pyrrole nitrogens is 2. The van der Waals surface area contributed by atoms with Crippen LogP contribution in [0.3, 0.4) is 0 Å². The molecule has 3 aromatic rings. The SMILES string of the molecule is O=c1[nH]c2ccc(S(=O)(=O)NCc3ccc(N4CCCC4)cc3)cc2[nH]1. The van der Waals surface area contributed by atoms with Gasteiger partial charge in [-0.05, 0) is 48.7 Å². The van der Waals surface area contributed by atoms with Crippen molar-refractivity contribution in [3.63, 3.8) is 0 Å². The number of imidazole rings is 1. The Labute approximate surface area is 151 Å². The molecule has 2 heterocycles. The molecule has 0 amide bonds. The van der Waals surface area contributed by atoms with Crippen molar-refractivity contribution in [2.75, 3.05) is 18.0 Å². The summed E-state index contributed by atoms with van der Waals surface area (Å²) in [5.74, 6) is 0. The lowest BCUT2D eigenvalue weighted by atomic mass is 10.2. The van der Waals surface area contributed by atoms with E-state index < -0.39 is 10.0 Å². The number of benzene rings is 2. The number of hydrogen-bond donors (Lipinski definition) is 3. The second-order valence-corrected chi connectivity index (χ2v) is 8.24. The van der Waals surface area contributed by atoms with Crippen LogP contribution < -0.4 is 15.3 Å². The maximum atomic E-state index is 12.5. The Kier molecular flexibility index (Phi) is 4.29. The lowest BCUT2D eigenvalue weighted by Crippen LogP contribution is -2.23. The van der Waals surface area contributed by atoms with Crippen LogP contribution in [0.1, 0.15) is 18.4 Å². The molecule has 7 nitrogen and oxygen atoms in total. The molecule has 0 bridgehead atoms. The third kappa shape index (κ3) is 3.38. The number of hydrogen-bond acceptors (Lipinski definition) is 4. The zero-order chi connectivity index (χ0) is 18.1. The summed E-state index contributed by atoms with van der Waals surface area (Å²) in [6, 6.07) is 12.5. The van der Waals surface area contributed by atoms with E-state index in [1.807, 2.05) is 24.3 Å². The van der Waals surface area contributed by atoms with E-state index in [1.54, 1.807) is 6.07 Å². The van der Waals surface area contributed by atoms with Crippen molar-refractivity contribution in [3.05, 3.63) is 58.5 Å². The molecule has 1 aromatic heterocycles. The number of anilines is 1. The highest BCUT2D eigenvalue weighted by molar-refractivity contribution is 7.89. The first-order valence-corrected chi connectivity index (χ1v) is 10.1. The number of nitrogens with zero attached hydrogens (tertiary/aromatic N) is 1. The Morgan fingerprint density at radius 3 is 2.38 bits per heavy atom. The molecular formula is C18H20N4O3S. The number of sulfonamides is 1. The first-order chi connectivity index (χ1) is 12.5. The summed E-state index contributed by atoms with van der Waals surface area (Å²) in [6.07, 6.45) is 2.44. The van der Waals surface area contributed by atoms with Crippen LogP contribution in [0, 0.1) is 0 Å². The number of fused-ring (bicyclic) bond motifs is 1. The van der Waals surface area contributed by atoms with Crippen LogP contribution in [-0.2, 0) is 16.6 Å². The van der Waals surface area contributed by atoms with E-state index in [0.717, 1.165) is 18.7 Å². The van der Waals surface area contributed by atoms with Crippen LogP contribution in [0.15, 0.2) is 52.2 Å². The average molecular weight is 372 g/mol. The van der Waals surface area contributed by atoms with E-state index in [9.17, 15) is 13.2 Å². The molecule has 1 saturated heterocycles. The summed E-state index contributed by atoms with van der Waals surface area (Å²) in [4.78, 5) is 18.9. The van der Waals surface area contributed by atoms with Crippen molar-refractivity contribution in [1.82, 2.24) is 14.7 Å². The third-order valence-electron chi connectivity index (χ3n) is 4.67. The van der Waals surface area contributed by atoms with E-state index in [-0.39, 0.29) is 17.1 Å². The highest BCUT2D eigenvalue weighted by atomic mass is 32.2. The predicted octanol–water partition coefficient (Wildman–Crippen LogP) is 1.93. The minimum Gasteiger partial charge on any atom is -0.372 e. The number of aromatic nitrogens is 2. The fourth-order valence-electron chi connectivity index (χ4n) is 3.24. The van der Waals surface area contributed by atoms with Gasteiger partial charge < -0.3 is 14.9 Å². The van der Waals surface area contributed by atoms with E-state index in [1.165, 1.54) is 30.7 Å². The van der Waals surface area contributed by atoms with Gasteiger partial charge in [-0.15, -0.1) is 0 Å². The molecule has 0 spiro atoms. The van der Waals surface area contributed by atoms with E-state index in [2.05, 4.69) is 19.6 Å². The Hall–Kier alpha value is -2.58. The summed E-state index contributed by atoms with van der Waals surface area (Å²) in [7, 11) is -3.66. The molecule has 0 aliphatic carbocycles. The van der Waals surface area contributed by atoms with Gasteiger partial charge in [-0.25, -0.2) is 17.9 Å². The summed E-state index contributed by atoms with van der Waals surface area (Å²) in [5.41, 5.74) is 2.75. The van der Waals surface area contributed by atoms with Gasteiger partial charge in [0, 0.05) is 25.3 Å². The molecular weight excluding hydrogens is 352 g/mol. The zero-order valence-corrected chi connectivity index (χ0v) is 15.0. The molecule has 2 aromatic carbocycles. The molecule has 4 rings (SSSR count). The molecule has 8 heteroatoms. The molecule has 0 radical (unpaired) electrons. The van der Waals surface area contributed by atoms with E-state index in [4.69, 9.17) is 0 Å². The zero-order valence-electron chi connectivity index (χ0n) is 14.2. The third-order valence-corrected chi connectivity index (χ3v) is 6.07. The van der Waals surface area contributed by atoms with Crippen molar-refractivity contribution in [2.24, 2.45) is 0 Å². The van der Waals surface area contributed by atoms with Crippen LogP contribution in [0.4, 0.5) is 5.69 Å². The quantitative estimate of drug-likeness (QED) is 0.637. The number of rotatable bonds is 5. The molecule has 0 unspecified atom stereocenters. The smallest absolute Gasteiger partial charge is 0.323 e. The van der Waals surface area contributed by atoms with Crippen LogP contribution in [0.5, 0.6) is 0 Å². The fourth-order valence-corrected chi connectivity index (χ4v) is 4.28. The first kappa shape index (κ1) is 16.9. The van der Waals surface area contributed by atoms with Gasteiger partial charge in [0.1, 0.15) is 0 Å². The molecule has 1 fully saturated rings. The molecule has 0 atom stereocenters. The minimum atomic E-state index is -3.66. The van der Waals surface area contributed by atoms with Gasteiger partial charge in [0.25, 0.3) is 0 Å². The van der Waals surface area contributed by atoms with Crippen molar-refractivity contribution in [1.29, 1.82) is 0 Å². The molecule has 1 aliphatic rings. The lowest BCUT2D eigenvalue weighted by Gasteiger charge is -2.17. The highest BCUT2D eigenvalue weighted by Crippen LogP contribution is 2.21. The summed E-state index contributed by atoms with van der Waals surface area (Å²) >= 11 is 0. The van der Waals surface area contributed by atoms with E-state index in [0.29, 0.717) is 11.0 Å². The number of nitrogens with one attached hydrogen (secondary N) is 3. The van der Waals surface area contributed by atoms with Crippen LogP contribution >= 0.6 is 0 Å². The summed E-state index contributed by atoms with van der Waals surface area (Å²) in [5, 5.41) is 0. The Morgan fingerprint density at radius 1 is 0.962 bits per heavy atom. The predicted molar refractivity (Wildman–Crippen MR) is 101 cm³/mol. The van der Waals surface area contributed by atoms with Crippen molar-refractivity contribution < 1.29 is 8.42 Å². The molecule has 3 N–H and O–H groups in total. The van der Waals surface area contributed by atoms with Gasteiger partial charge >= 0.3 is 5.69 Å². The lowest BCUT2D eigenvalue weighted by molar-refractivity contribution is 0.581. The Bertz CT molecular complexity index is 1080. The van der Waals surface area contributed by atoms with Crippen LogP contribution in [-0.4, -0.2) is 31.5 Å². The van der Waals surface area contributed by atoms with E-state index >= 15 is 0 Å². The monoisotopic (exact) mass is 372 g/mol. The van der Waals surface area contributed by atoms with Crippen LogP contribution in [0.25, 0.3) is 11.0 Å². The second kappa shape index (κ2) is 6.62. The van der Waals surface area contributed by atoms with Crippen molar-refractivity contribution >= 4 is 26.7 Å². The van der Waals surface area contributed by atoms with Gasteiger partial charge in [0.15, 0.2) is 0 Å². The van der Waals surface area contributed by atoms with Crippen LogP contribution in [0.2, 0.25) is 0 Å². The average Bonchev–Trinajstić information content (AvgIpc) is 3.28. The van der Waals surface area contributed by atoms with Gasteiger partial charge in [0.05, 0.1) is 15.9 Å². The molecule has 1 aliphatic heterocycles. The van der Waals surface area contributed by atoms with Gasteiger partial charge in [-0.1, -0.05) is 12.1 Å². The largest absolute Gasteiger partial charge is 0.372 e. The molecule has 136 valence electrons. The normalized spacial score (nSPS) is 15.0. The Morgan fingerprint density at radius 2 is 1.65 bits per heavy atom. The number of aromatic amines is 2. The topological polar surface area (TPSA) is 98.1 Å². The summed E-state index contributed by atoms with van der Waals surface area (Å²) in [6.45, 7) is 2.37. The van der Waals surface area contributed by atoms with Gasteiger partial charge in [-0.2, -0.15) is 0 Å². The molecule has 26 heavy (non-hydrogen) atoms. The standard InChI is InChI=1S/C18H20N4O3S/c23-18-20-16-8-7-15(11-17(16)21-18)26(24,25)19-12-13-3-5-14(6-4-13)22-9-1-2-10-22/h3-8,11,19H,1-2,9-10,12H2,(H2,20,21,23). The van der Waals surface area contributed by atoms with Gasteiger partial charge in [0.2, 0.25) is 10.0 Å².